The van der Waals surface area contributed by atoms with Gasteiger partial charge in [-0.15, -0.1) is 5.10 Å². The van der Waals surface area contributed by atoms with Crippen LogP contribution in [0, 0.1) is 13.8 Å². The molecule has 6 nitrogen and oxygen atoms in total. The van der Waals surface area contributed by atoms with Gasteiger partial charge in [-0.05, 0) is 68.9 Å². The van der Waals surface area contributed by atoms with Gasteiger partial charge in [0.25, 0.3) is 0 Å². The van der Waals surface area contributed by atoms with Gasteiger partial charge in [0.05, 0.1) is 18.5 Å². The third kappa shape index (κ3) is 7.58. The molecule has 0 N–H and O–H groups in total. The third-order valence-corrected chi connectivity index (χ3v) is 5.01. The molecule has 1 heterocycles. The molecule has 0 aliphatic carbocycles. The second-order valence-corrected chi connectivity index (χ2v) is 7.38. The number of hydrogen-bond acceptors (Lipinski definition) is 5. The summed E-state index contributed by atoms with van der Waals surface area (Å²) in [6.07, 6.45) is 11.3. The van der Waals surface area contributed by atoms with Gasteiger partial charge in [0.15, 0.2) is 0 Å². The van der Waals surface area contributed by atoms with Gasteiger partial charge in [-0.25, -0.2) is 0 Å². The van der Waals surface area contributed by atoms with E-state index < -0.39 is 0 Å². The second-order valence-electron chi connectivity index (χ2n) is 7.38. The summed E-state index contributed by atoms with van der Waals surface area (Å²) in [5.41, 5.74) is 4.92. The first-order valence-electron chi connectivity index (χ1n) is 10.6. The Morgan fingerprint density at radius 1 is 1.03 bits per heavy atom. The van der Waals surface area contributed by atoms with E-state index in [9.17, 15) is 0 Å². The van der Waals surface area contributed by atoms with Gasteiger partial charge >= 0.3 is 0 Å². The number of unbranched alkanes of at least 4 members (excludes halogenated alkanes) is 3. The maximum atomic E-state index is 5.78. The van der Waals surface area contributed by atoms with Crippen molar-refractivity contribution in [2.75, 3.05) is 20.3 Å². The number of ether oxygens (including phenoxy) is 2. The van der Waals surface area contributed by atoms with Crippen molar-refractivity contribution in [2.24, 2.45) is 12.2 Å². The minimum atomic E-state index is 0.622. The number of oxime groups is 1. The summed E-state index contributed by atoms with van der Waals surface area (Å²) < 4.78 is 13.2. The number of rotatable bonds is 13. The molecule has 2 rings (SSSR count). The highest BCUT2D eigenvalue weighted by Gasteiger charge is 2.07. The topological polar surface area (TPSA) is 57.9 Å². The zero-order valence-corrected chi connectivity index (χ0v) is 19.0. The zero-order valence-electron chi connectivity index (χ0n) is 19.0. The van der Waals surface area contributed by atoms with E-state index in [0.717, 1.165) is 30.7 Å². The second kappa shape index (κ2) is 12.7. The molecule has 0 aliphatic heterocycles. The number of aryl methyl sites for hydroxylation is 3. The van der Waals surface area contributed by atoms with Crippen molar-refractivity contribution < 1.29 is 14.3 Å². The maximum absolute atomic E-state index is 5.78. The van der Waals surface area contributed by atoms with Crippen LogP contribution in [0.1, 0.15) is 55.0 Å². The average molecular weight is 414 g/mol. The predicted octanol–water partition coefficient (Wildman–Crippen LogP) is 5.15. The molecule has 0 bridgehead atoms. The molecule has 1 aromatic heterocycles. The Balaban J connectivity index is 1.67. The fourth-order valence-electron chi connectivity index (χ4n) is 3.36. The highest BCUT2D eigenvalue weighted by molar-refractivity contribution is 5.77. The molecular weight excluding hydrogens is 378 g/mol. The van der Waals surface area contributed by atoms with Crippen LogP contribution in [0.25, 0.3) is 0 Å². The first-order valence-corrected chi connectivity index (χ1v) is 10.6. The van der Waals surface area contributed by atoms with Gasteiger partial charge in [0.1, 0.15) is 19.5 Å². The van der Waals surface area contributed by atoms with Crippen molar-refractivity contribution in [2.45, 2.75) is 52.9 Å². The Labute approximate surface area is 180 Å². The number of nitrogens with zero attached hydrogens (tertiary/aromatic N) is 3. The predicted molar refractivity (Wildman–Crippen MR) is 122 cm³/mol. The summed E-state index contributed by atoms with van der Waals surface area (Å²) in [5.74, 6) is 1.58. The van der Waals surface area contributed by atoms with E-state index in [2.05, 4.69) is 36.2 Å². The van der Waals surface area contributed by atoms with Gasteiger partial charge < -0.3 is 14.3 Å². The lowest BCUT2D eigenvalue weighted by atomic mass is 9.97. The van der Waals surface area contributed by atoms with Crippen LogP contribution in [0.4, 0.5) is 0 Å². The molecule has 30 heavy (non-hydrogen) atoms. The molecule has 0 spiro atoms. The van der Waals surface area contributed by atoms with Crippen LogP contribution in [-0.4, -0.2) is 36.3 Å². The number of aromatic nitrogens is 2. The molecule has 0 unspecified atom stereocenters. The van der Waals surface area contributed by atoms with Crippen LogP contribution in [0.2, 0.25) is 0 Å². The van der Waals surface area contributed by atoms with E-state index in [1.165, 1.54) is 36.6 Å². The highest BCUT2D eigenvalue weighted by atomic mass is 16.6. The fourth-order valence-corrected chi connectivity index (χ4v) is 3.36. The first kappa shape index (κ1) is 23.5. The Morgan fingerprint density at radius 2 is 1.77 bits per heavy atom. The smallest absolute Gasteiger partial charge is 0.233 e. The zero-order chi connectivity index (χ0) is 21.8. The quantitative estimate of drug-likeness (QED) is 0.197. The van der Waals surface area contributed by atoms with E-state index in [1.807, 2.05) is 32.2 Å². The van der Waals surface area contributed by atoms with Crippen LogP contribution in [0.5, 0.6) is 11.6 Å². The van der Waals surface area contributed by atoms with Gasteiger partial charge in [-0.2, -0.15) is 0 Å². The van der Waals surface area contributed by atoms with Crippen LogP contribution in [-0.2, 0) is 18.3 Å². The highest BCUT2D eigenvalue weighted by Crippen LogP contribution is 2.24. The summed E-state index contributed by atoms with van der Waals surface area (Å²) in [4.78, 5) is 4.70. The lowest BCUT2D eigenvalue weighted by Gasteiger charge is -2.13. The van der Waals surface area contributed by atoms with Gasteiger partial charge in [0.2, 0.25) is 5.88 Å². The summed E-state index contributed by atoms with van der Waals surface area (Å²) in [7, 11) is 3.37. The van der Waals surface area contributed by atoms with E-state index in [1.54, 1.807) is 10.9 Å². The molecule has 1 aromatic carbocycles. The molecule has 0 fully saturated rings. The minimum Gasteiger partial charge on any atom is -0.490 e. The molecule has 6 heteroatoms. The van der Waals surface area contributed by atoms with E-state index in [0.29, 0.717) is 19.1 Å². The van der Waals surface area contributed by atoms with Crippen LogP contribution >= 0.6 is 0 Å². The van der Waals surface area contributed by atoms with Crippen molar-refractivity contribution in [3.8, 4) is 11.6 Å². The Bertz CT molecular complexity index is 817. The number of benzene rings is 1. The van der Waals surface area contributed by atoms with E-state index in [-0.39, 0.29) is 0 Å². The monoisotopic (exact) mass is 413 g/mol. The number of allylic oxidation sites excluding steroid dienone is 1. The molecule has 0 saturated carbocycles. The molecule has 0 saturated heterocycles. The van der Waals surface area contributed by atoms with Crippen LogP contribution < -0.4 is 9.47 Å². The standard InChI is InChI=1S/C24H35N3O3/c1-6-7-13-29-22-15-19(2)23(20(3)16-22)12-10-8-9-11-14-30-24-17-21(18-25-28-5)27(4)26-24/h6-7,15-18H,8-14H2,1-5H3/b7-6+,25-18?. The summed E-state index contributed by atoms with van der Waals surface area (Å²) in [6.45, 7) is 7.66. The normalized spacial score (nSPS) is 11.5. The largest absolute Gasteiger partial charge is 0.490 e. The molecular formula is C24H35N3O3. The molecule has 0 atom stereocenters. The van der Waals surface area contributed by atoms with E-state index in [4.69, 9.17) is 14.3 Å². The lowest BCUT2D eigenvalue weighted by molar-refractivity contribution is 0.215. The average Bonchev–Trinajstić information content (AvgIpc) is 3.07. The molecule has 0 amide bonds. The lowest BCUT2D eigenvalue weighted by Crippen LogP contribution is -2.00. The Hall–Kier alpha value is -2.76. The van der Waals surface area contributed by atoms with Gasteiger partial charge in [0, 0.05) is 13.1 Å². The SMILES string of the molecule is C/C=C/COc1cc(C)c(CCCCCCOc2cc(C=NOC)n(C)n2)c(C)c1. The minimum absolute atomic E-state index is 0.622. The molecule has 0 radical (unpaired) electrons. The molecule has 2 aromatic rings. The van der Waals surface area contributed by atoms with Crippen molar-refractivity contribution in [1.29, 1.82) is 0 Å². The maximum Gasteiger partial charge on any atom is 0.233 e. The molecule has 0 aliphatic rings. The summed E-state index contributed by atoms with van der Waals surface area (Å²) in [5, 5.41) is 8.07. The van der Waals surface area contributed by atoms with Gasteiger partial charge in [-0.3, -0.25) is 4.68 Å². The van der Waals surface area contributed by atoms with Crippen molar-refractivity contribution >= 4 is 6.21 Å². The van der Waals surface area contributed by atoms with Crippen molar-refractivity contribution in [1.82, 2.24) is 9.78 Å². The molecule has 164 valence electrons. The van der Waals surface area contributed by atoms with Crippen molar-refractivity contribution in [3.05, 3.63) is 52.7 Å². The van der Waals surface area contributed by atoms with Crippen LogP contribution in [0.3, 0.4) is 0 Å². The summed E-state index contributed by atoms with van der Waals surface area (Å²) >= 11 is 0. The van der Waals surface area contributed by atoms with Crippen LogP contribution in [0.15, 0.2) is 35.5 Å². The first-order chi connectivity index (χ1) is 14.5. The van der Waals surface area contributed by atoms with E-state index >= 15 is 0 Å². The fraction of sp³-hybridized carbons (Fsp3) is 0.500. The Kier molecular flexibility index (Phi) is 9.98. The Morgan fingerprint density at radius 3 is 2.47 bits per heavy atom. The van der Waals surface area contributed by atoms with Gasteiger partial charge in [-0.1, -0.05) is 30.1 Å². The number of hydrogen-bond donors (Lipinski definition) is 0. The summed E-state index contributed by atoms with van der Waals surface area (Å²) in [6, 6.07) is 6.16. The van der Waals surface area contributed by atoms with Crippen molar-refractivity contribution in [3.63, 3.8) is 0 Å². The third-order valence-electron chi connectivity index (χ3n) is 5.01.